The van der Waals surface area contributed by atoms with Gasteiger partial charge < -0.3 is 21.7 Å². The number of nitrogens with two attached hydrogens (primary N) is 2. The van der Waals surface area contributed by atoms with Gasteiger partial charge in [-0.2, -0.15) is 4.99 Å². The molecule has 1 atom stereocenters. The predicted molar refractivity (Wildman–Crippen MR) is 115 cm³/mol. The van der Waals surface area contributed by atoms with E-state index in [4.69, 9.17) is 11.5 Å². The number of nitrogens with one attached hydrogen (secondary N) is 1. The van der Waals surface area contributed by atoms with E-state index in [-0.39, 0.29) is 36.7 Å². The summed E-state index contributed by atoms with van der Waals surface area (Å²) in [6, 6.07) is 12.1. The molecule has 0 saturated carbocycles. The molecule has 0 radical (unpaired) electrons. The van der Waals surface area contributed by atoms with Crippen molar-refractivity contribution in [3.05, 3.63) is 82.1 Å². The lowest BCUT2D eigenvalue weighted by molar-refractivity contribution is -0.125. The highest BCUT2D eigenvalue weighted by Gasteiger charge is 2.41. The van der Waals surface area contributed by atoms with Crippen LogP contribution in [0.3, 0.4) is 0 Å². The number of fused-ring (bicyclic) bond motifs is 1. The van der Waals surface area contributed by atoms with Gasteiger partial charge in [0.1, 0.15) is 11.9 Å². The quantitative estimate of drug-likeness (QED) is 0.402. The molecular weight excluding hydrogens is 419 g/mol. The van der Waals surface area contributed by atoms with Crippen molar-refractivity contribution in [3.63, 3.8) is 0 Å². The number of hydrogen-bond acceptors (Lipinski definition) is 5. The van der Waals surface area contributed by atoms with Gasteiger partial charge in [0.25, 0.3) is 5.91 Å². The molecule has 0 saturated heterocycles. The molecule has 2 amide bonds. The number of carbonyl (C=O) groups excluding carboxylic acids is 2. The Morgan fingerprint density at radius 3 is 2.68 bits per heavy atom. The average Bonchev–Trinajstić information content (AvgIpc) is 3.29. The van der Waals surface area contributed by atoms with E-state index in [0.29, 0.717) is 16.3 Å². The number of thiazole rings is 1. The lowest BCUT2D eigenvalue weighted by atomic mass is 10.0. The lowest BCUT2D eigenvalue weighted by Gasteiger charge is -2.24. The second-order valence-electron chi connectivity index (χ2n) is 6.91. The van der Waals surface area contributed by atoms with Crippen molar-refractivity contribution in [2.24, 2.45) is 16.5 Å². The first-order valence-corrected chi connectivity index (χ1v) is 10.2. The van der Waals surface area contributed by atoms with Gasteiger partial charge in [0.15, 0.2) is 5.96 Å². The molecule has 4 rings (SSSR count). The maximum Gasteiger partial charge on any atom is 0.255 e. The summed E-state index contributed by atoms with van der Waals surface area (Å²) < 4.78 is 13.1. The van der Waals surface area contributed by atoms with Crippen LogP contribution in [0.25, 0.3) is 0 Å². The first kappa shape index (κ1) is 20.5. The normalized spacial score (nSPS) is 14.9. The summed E-state index contributed by atoms with van der Waals surface area (Å²) in [5, 5.41) is 3.22. The molecule has 31 heavy (non-hydrogen) atoms. The minimum atomic E-state index is -0.794. The summed E-state index contributed by atoms with van der Waals surface area (Å²) in [7, 11) is 0. The maximum absolute atomic E-state index is 13.1. The Hall–Kier alpha value is -3.79. The fourth-order valence-corrected chi connectivity index (χ4v) is 4.20. The predicted octanol–water partition coefficient (Wildman–Crippen LogP) is 2.20. The number of aliphatic imine (C=N–C) groups is 1. The monoisotopic (exact) mass is 438 g/mol. The van der Waals surface area contributed by atoms with Crippen LogP contribution in [0, 0.1) is 5.82 Å². The van der Waals surface area contributed by atoms with Crippen LogP contribution in [0.4, 0.5) is 9.52 Å². The molecular formula is C21H19FN6O2S. The Labute approximate surface area is 181 Å². The van der Waals surface area contributed by atoms with E-state index in [0.717, 1.165) is 10.4 Å². The lowest BCUT2D eigenvalue weighted by Crippen LogP contribution is -2.38. The van der Waals surface area contributed by atoms with Gasteiger partial charge in [-0.1, -0.05) is 41.7 Å². The van der Waals surface area contributed by atoms with Crippen molar-refractivity contribution in [1.82, 2.24) is 15.2 Å². The molecule has 3 aromatic rings. The molecule has 2 aromatic carbocycles. The fourth-order valence-electron chi connectivity index (χ4n) is 3.40. The summed E-state index contributed by atoms with van der Waals surface area (Å²) in [5.74, 6) is -1.02. The smallest absolute Gasteiger partial charge is 0.255 e. The van der Waals surface area contributed by atoms with Gasteiger partial charge >= 0.3 is 0 Å². The fraction of sp³-hybridized carbons (Fsp3) is 0.143. The third-order valence-corrected chi connectivity index (χ3v) is 5.65. The Morgan fingerprint density at radius 2 is 1.94 bits per heavy atom. The number of halogens is 1. The van der Waals surface area contributed by atoms with Gasteiger partial charge in [0, 0.05) is 23.2 Å². The zero-order valence-electron chi connectivity index (χ0n) is 16.3. The van der Waals surface area contributed by atoms with Crippen molar-refractivity contribution in [2.75, 3.05) is 0 Å². The molecule has 5 N–H and O–H groups in total. The molecule has 1 aliphatic heterocycles. The number of nitrogens with zero attached hydrogens (tertiary/aromatic N) is 3. The van der Waals surface area contributed by atoms with Crippen molar-refractivity contribution in [3.8, 4) is 0 Å². The van der Waals surface area contributed by atoms with Crippen LogP contribution in [0.15, 0.2) is 59.7 Å². The number of amides is 2. The van der Waals surface area contributed by atoms with Crippen LogP contribution in [0.2, 0.25) is 0 Å². The summed E-state index contributed by atoms with van der Waals surface area (Å²) in [5.41, 5.74) is 12.6. The van der Waals surface area contributed by atoms with Gasteiger partial charge in [-0.05, 0) is 29.3 Å². The molecule has 8 nitrogen and oxygen atoms in total. The molecule has 10 heteroatoms. The van der Waals surface area contributed by atoms with Crippen molar-refractivity contribution in [2.45, 2.75) is 19.1 Å². The Morgan fingerprint density at radius 1 is 1.19 bits per heavy atom. The van der Waals surface area contributed by atoms with E-state index in [1.807, 2.05) is 0 Å². The van der Waals surface area contributed by atoms with Gasteiger partial charge in [0.05, 0.1) is 6.54 Å². The highest BCUT2D eigenvalue weighted by molar-refractivity contribution is 7.15. The summed E-state index contributed by atoms with van der Waals surface area (Å²) in [6.07, 6.45) is 1.58. The summed E-state index contributed by atoms with van der Waals surface area (Å²) in [6.45, 7) is 0.398. The SMILES string of the molecule is NC(N)=Nc1ncc(CN2C(=O)c3ccccc3[C@H]2C(=O)NCc2ccc(F)cc2)s1. The minimum Gasteiger partial charge on any atom is -0.370 e. The molecule has 0 bridgehead atoms. The average molecular weight is 438 g/mol. The van der Waals surface area contributed by atoms with Crippen LogP contribution in [-0.4, -0.2) is 27.7 Å². The first-order chi connectivity index (χ1) is 14.9. The van der Waals surface area contributed by atoms with Crippen molar-refractivity contribution >= 4 is 34.2 Å². The highest BCUT2D eigenvalue weighted by atomic mass is 32.1. The van der Waals surface area contributed by atoms with E-state index in [2.05, 4.69) is 15.3 Å². The molecule has 1 aromatic heterocycles. The van der Waals surface area contributed by atoms with Gasteiger partial charge in [0.2, 0.25) is 11.0 Å². The molecule has 0 aliphatic carbocycles. The van der Waals surface area contributed by atoms with E-state index in [9.17, 15) is 14.0 Å². The zero-order chi connectivity index (χ0) is 22.0. The van der Waals surface area contributed by atoms with Crippen LogP contribution >= 0.6 is 11.3 Å². The van der Waals surface area contributed by atoms with Crippen LogP contribution < -0.4 is 16.8 Å². The zero-order valence-corrected chi connectivity index (χ0v) is 17.1. The van der Waals surface area contributed by atoms with Gasteiger partial charge in [-0.25, -0.2) is 9.37 Å². The van der Waals surface area contributed by atoms with Crippen molar-refractivity contribution in [1.29, 1.82) is 0 Å². The third kappa shape index (κ3) is 4.38. The van der Waals surface area contributed by atoms with Crippen LogP contribution in [0.5, 0.6) is 0 Å². The Balaban J connectivity index is 1.56. The molecule has 0 fully saturated rings. The van der Waals surface area contributed by atoms with E-state index >= 15 is 0 Å². The number of rotatable bonds is 6. The Kier molecular flexibility index (Phi) is 5.63. The van der Waals surface area contributed by atoms with Crippen LogP contribution in [-0.2, 0) is 17.9 Å². The number of aromatic nitrogens is 1. The topological polar surface area (TPSA) is 127 Å². The molecule has 158 valence electrons. The number of hydrogen-bond donors (Lipinski definition) is 3. The largest absolute Gasteiger partial charge is 0.370 e. The maximum atomic E-state index is 13.1. The summed E-state index contributed by atoms with van der Waals surface area (Å²) >= 11 is 1.23. The van der Waals surface area contributed by atoms with Gasteiger partial charge in [-0.15, -0.1) is 0 Å². The van der Waals surface area contributed by atoms with Gasteiger partial charge in [-0.3, -0.25) is 9.59 Å². The number of carbonyl (C=O) groups is 2. The minimum absolute atomic E-state index is 0.108. The van der Waals surface area contributed by atoms with Crippen LogP contribution in [0.1, 0.15) is 32.4 Å². The second-order valence-corrected chi connectivity index (χ2v) is 8.01. The van der Waals surface area contributed by atoms with E-state index in [1.165, 1.54) is 28.4 Å². The second kappa shape index (κ2) is 8.52. The Bertz CT molecular complexity index is 1160. The molecule has 0 unspecified atom stereocenters. The first-order valence-electron chi connectivity index (χ1n) is 9.39. The summed E-state index contributed by atoms with van der Waals surface area (Å²) in [4.78, 5) is 36.4. The van der Waals surface area contributed by atoms with E-state index in [1.54, 1.807) is 42.6 Å². The number of guanidine groups is 1. The highest BCUT2D eigenvalue weighted by Crippen LogP contribution is 2.36. The van der Waals surface area contributed by atoms with Crippen molar-refractivity contribution < 1.29 is 14.0 Å². The standard InChI is InChI=1S/C21H19FN6O2S/c22-13-7-5-12(6-8-13)9-25-18(29)17-15-3-1-2-4-16(15)19(30)28(17)11-14-10-26-21(31-14)27-20(23)24/h1-8,10,17H,9,11H2,(H,25,29)(H4,23,24,26,27)/t17-/m0/s1. The number of benzene rings is 2. The molecule has 0 spiro atoms. The molecule has 1 aliphatic rings. The van der Waals surface area contributed by atoms with E-state index < -0.39 is 6.04 Å². The third-order valence-electron chi connectivity index (χ3n) is 4.78. The molecule has 2 heterocycles.